The van der Waals surface area contributed by atoms with E-state index in [0.717, 1.165) is 5.69 Å². The van der Waals surface area contributed by atoms with Gasteiger partial charge < -0.3 is 11.5 Å². The van der Waals surface area contributed by atoms with Gasteiger partial charge in [0.15, 0.2) is 5.96 Å². The number of benzene rings is 1. The van der Waals surface area contributed by atoms with Crippen molar-refractivity contribution in [1.29, 1.82) is 0 Å². The Morgan fingerprint density at radius 3 is 1.87 bits per heavy atom. The van der Waals surface area contributed by atoms with Crippen LogP contribution in [0.4, 0.5) is 5.69 Å². The topological polar surface area (TPSA) is 64.4 Å². The zero-order chi connectivity index (χ0) is 16.8. The monoisotopic (exact) mass is 335 g/mol. The molecule has 3 nitrogen and oxygen atoms in total. The third-order valence-corrected chi connectivity index (χ3v) is 4.96. The van der Waals surface area contributed by atoms with Crippen LogP contribution in [0.15, 0.2) is 34.2 Å². The second kappa shape index (κ2) is 13.3. The Hall–Kier alpha value is -1.16. The lowest BCUT2D eigenvalue weighted by Crippen LogP contribution is -2.21. The zero-order valence-corrected chi connectivity index (χ0v) is 15.4. The number of nitrogens with zero attached hydrogens (tertiary/aromatic N) is 1. The van der Waals surface area contributed by atoms with Crippen LogP contribution in [0.5, 0.6) is 0 Å². The second-order valence-corrected chi connectivity index (χ2v) is 7.23. The lowest BCUT2D eigenvalue weighted by atomic mass is 10.1. The molecule has 0 saturated heterocycles. The standard InChI is InChI=1S/C19H33N3S/c1-2-3-4-5-6-7-8-9-10-11-16-23-18-14-12-17(13-15-18)22-19(20)21/h12-15H,2-11,16H2,1H3,(H4,20,21,22). The number of rotatable bonds is 13. The van der Waals surface area contributed by atoms with E-state index in [2.05, 4.69) is 24.0 Å². The molecular weight excluding hydrogens is 302 g/mol. The van der Waals surface area contributed by atoms with Crippen molar-refractivity contribution < 1.29 is 0 Å². The molecule has 0 bridgehead atoms. The SMILES string of the molecule is CCCCCCCCCCCCSc1ccc(N=C(N)N)cc1. The molecule has 0 aliphatic carbocycles. The lowest BCUT2D eigenvalue weighted by Gasteiger charge is -2.03. The van der Waals surface area contributed by atoms with E-state index in [1.165, 1.54) is 74.9 Å². The molecule has 23 heavy (non-hydrogen) atoms. The molecule has 130 valence electrons. The minimum atomic E-state index is 0.107. The van der Waals surface area contributed by atoms with E-state index in [-0.39, 0.29) is 5.96 Å². The van der Waals surface area contributed by atoms with Crippen molar-refractivity contribution in [1.82, 2.24) is 0 Å². The number of unbranched alkanes of at least 4 members (excludes halogenated alkanes) is 9. The molecule has 0 aliphatic rings. The van der Waals surface area contributed by atoms with E-state index in [9.17, 15) is 0 Å². The van der Waals surface area contributed by atoms with Gasteiger partial charge in [-0.3, -0.25) is 0 Å². The van der Waals surface area contributed by atoms with E-state index in [1.54, 1.807) is 0 Å². The minimum Gasteiger partial charge on any atom is -0.370 e. The summed E-state index contributed by atoms with van der Waals surface area (Å²) in [6, 6.07) is 8.09. The average Bonchev–Trinajstić information content (AvgIpc) is 2.53. The Bertz CT molecular complexity index is 425. The first-order valence-electron chi connectivity index (χ1n) is 9.05. The molecular formula is C19H33N3S. The van der Waals surface area contributed by atoms with Crippen LogP contribution in [0, 0.1) is 0 Å². The van der Waals surface area contributed by atoms with Gasteiger partial charge in [0, 0.05) is 4.90 Å². The summed E-state index contributed by atoms with van der Waals surface area (Å²) in [5, 5.41) is 0. The summed E-state index contributed by atoms with van der Waals surface area (Å²) in [5.41, 5.74) is 11.5. The number of nitrogens with two attached hydrogens (primary N) is 2. The van der Waals surface area contributed by atoms with Crippen molar-refractivity contribution in [2.75, 3.05) is 5.75 Å². The Morgan fingerprint density at radius 1 is 0.826 bits per heavy atom. The van der Waals surface area contributed by atoms with E-state index >= 15 is 0 Å². The van der Waals surface area contributed by atoms with Crippen LogP contribution in [-0.2, 0) is 0 Å². The Morgan fingerprint density at radius 2 is 1.35 bits per heavy atom. The molecule has 0 spiro atoms. The molecule has 1 rings (SSSR count). The van der Waals surface area contributed by atoms with Gasteiger partial charge in [-0.05, 0) is 36.4 Å². The van der Waals surface area contributed by atoms with Crippen LogP contribution in [0.3, 0.4) is 0 Å². The largest absolute Gasteiger partial charge is 0.370 e. The van der Waals surface area contributed by atoms with Crippen LogP contribution in [0.1, 0.15) is 71.1 Å². The number of aliphatic imine (C=N–C) groups is 1. The highest BCUT2D eigenvalue weighted by molar-refractivity contribution is 7.99. The average molecular weight is 336 g/mol. The van der Waals surface area contributed by atoms with Gasteiger partial charge in [0.1, 0.15) is 0 Å². The quantitative estimate of drug-likeness (QED) is 0.213. The van der Waals surface area contributed by atoms with Crippen molar-refractivity contribution in [2.24, 2.45) is 16.5 Å². The van der Waals surface area contributed by atoms with Crippen LogP contribution < -0.4 is 11.5 Å². The summed E-state index contributed by atoms with van der Waals surface area (Å²) in [6.07, 6.45) is 13.9. The number of thioether (sulfide) groups is 1. The summed E-state index contributed by atoms with van der Waals surface area (Å²) in [7, 11) is 0. The van der Waals surface area contributed by atoms with Crippen molar-refractivity contribution in [2.45, 2.75) is 76.0 Å². The molecule has 4 heteroatoms. The summed E-state index contributed by atoms with van der Waals surface area (Å²) in [6.45, 7) is 2.27. The summed E-state index contributed by atoms with van der Waals surface area (Å²) < 4.78 is 0. The summed E-state index contributed by atoms with van der Waals surface area (Å²) in [5.74, 6) is 1.30. The molecule has 1 aromatic carbocycles. The molecule has 0 aromatic heterocycles. The Balaban J connectivity index is 1.97. The van der Waals surface area contributed by atoms with Crippen LogP contribution in [0.25, 0.3) is 0 Å². The molecule has 0 heterocycles. The fraction of sp³-hybridized carbons (Fsp3) is 0.632. The molecule has 0 saturated carbocycles. The first kappa shape index (κ1) is 19.9. The number of hydrogen-bond acceptors (Lipinski definition) is 2. The molecule has 0 atom stereocenters. The molecule has 0 unspecified atom stereocenters. The molecule has 0 radical (unpaired) electrons. The third-order valence-electron chi connectivity index (χ3n) is 3.86. The minimum absolute atomic E-state index is 0.107. The van der Waals surface area contributed by atoms with Gasteiger partial charge in [0.2, 0.25) is 0 Å². The van der Waals surface area contributed by atoms with E-state index in [1.807, 2.05) is 23.9 Å². The third kappa shape index (κ3) is 11.1. The van der Waals surface area contributed by atoms with Crippen molar-refractivity contribution in [3.63, 3.8) is 0 Å². The van der Waals surface area contributed by atoms with Gasteiger partial charge >= 0.3 is 0 Å². The fourth-order valence-electron chi connectivity index (χ4n) is 2.55. The van der Waals surface area contributed by atoms with Gasteiger partial charge in [-0.15, -0.1) is 11.8 Å². The number of guanidine groups is 1. The normalized spacial score (nSPS) is 10.7. The van der Waals surface area contributed by atoms with Crippen LogP contribution in [0.2, 0.25) is 0 Å². The fourth-order valence-corrected chi connectivity index (χ4v) is 3.46. The highest BCUT2D eigenvalue weighted by Gasteiger charge is 1.97. The summed E-state index contributed by atoms with van der Waals surface area (Å²) >= 11 is 1.91. The van der Waals surface area contributed by atoms with E-state index in [0.29, 0.717) is 0 Å². The number of hydrogen-bond donors (Lipinski definition) is 2. The maximum atomic E-state index is 5.36. The molecule has 4 N–H and O–H groups in total. The van der Waals surface area contributed by atoms with Crippen LogP contribution in [-0.4, -0.2) is 11.7 Å². The first-order valence-corrected chi connectivity index (χ1v) is 10.0. The Labute approximate surface area is 146 Å². The van der Waals surface area contributed by atoms with E-state index < -0.39 is 0 Å². The maximum Gasteiger partial charge on any atom is 0.191 e. The van der Waals surface area contributed by atoms with Crippen molar-refractivity contribution in [3.8, 4) is 0 Å². The van der Waals surface area contributed by atoms with E-state index in [4.69, 9.17) is 11.5 Å². The van der Waals surface area contributed by atoms with Gasteiger partial charge in [-0.25, -0.2) is 4.99 Å². The predicted octanol–water partition coefficient (Wildman–Crippen LogP) is 5.60. The van der Waals surface area contributed by atoms with Crippen LogP contribution >= 0.6 is 11.8 Å². The van der Waals surface area contributed by atoms with Gasteiger partial charge in [0.05, 0.1) is 5.69 Å². The van der Waals surface area contributed by atoms with Gasteiger partial charge in [-0.2, -0.15) is 0 Å². The predicted molar refractivity (Wildman–Crippen MR) is 104 cm³/mol. The lowest BCUT2D eigenvalue weighted by molar-refractivity contribution is 0.563. The van der Waals surface area contributed by atoms with Gasteiger partial charge in [0.25, 0.3) is 0 Å². The smallest absolute Gasteiger partial charge is 0.191 e. The maximum absolute atomic E-state index is 5.36. The first-order chi connectivity index (χ1) is 11.2. The second-order valence-electron chi connectivity index (χ2n) is 6.06. The molecule has 0 amide bonds. The molecule has 0 aliphatic heterocycles. The Kier molecular flexibility index (Phi) is 11.5. The molecule has 0 fully saturated rings. The van der Waals surface area contributed by atoms with Gasteiger partial charge in [-0.1, -0.05) is 64.7 Å². The highest BCUT2D eigenvalue weighted by Crippen LogP contribution is 2.23. The molecule has 1 aromatic rings. The zero-order valence-electron chi connectivity index (χ0n) is 14.6. The summed E-state index contributed by atoms with van der Waals surface area (Å²) in [4.78, 5) is 5.31. The highest BCUT2D eigenvalue weighted by atomic mass is 32.2. The van der Waals surface area contributed by atoms with Crippen molar-refractivity contribution in [3.05, 3.63) is 24.3 Å². The van der Waals surface area contributed by atoms with Crippen molar-refractivity contribution >= 4 is 23.4 Å².